The van der Waals surface area contributed by atoms with Gasteiger partial charge in [0.05, 0.1) is 25.7 Å². The summed E-state index contributed by atoms with van der Waals surface area (Å²) in [5.41, 5.74) is -0.785. The lowest BCUT2D eigenvalue weighted by Gasteiger charge is -2.34. The van der Waals surface area contributed by atoms with Crippen LogP contribution in [0.5, 0.6) is 11.5 Å². The molecule has 0 aliphatic heterocycles. The Bertz CT molecular complexity index is 1170. The van der Waals surface area contributed by atoms with Crippen molar-refractivity contribution in [2.24, 2.45) is 0 Å². The second-order valence-corrected chi connectivity index (χ2v) is 9.17. The lowest BCUT2D eigenvalue weighted by molar-refractivity contribution is 0.435. The van der Waals surface area contributed by atoms with Crippen LogP contribution in [0.3, 0.4) is 0 Å². The average molecular weight is 494 g/mol. The molecule has 1 unspecified atom stereocenters. The molecule has 0 radical (unpaired) electrons. The number of phenols is 2. The third kappa shape index (κ3) is 3.44. The summed E-state index contributed by atoms with van der Waals surface area (Å²) in [7, 11) is -5.16. The molecule has 3 aromatic carbocycles. The van der Waals surface area contributed by atoms with Gasteiger partial charge in [-0.15, -0.1) is 0 Å². The van der Waals surface area contributed by atoms with E-state index in [9.17, 15) is 23.2 Å². The SMILES string of the molecule is O=S(=O)(O)C(c1ccccc1)(c1cccc(Cl)c1Cl)c1c(O)c(Cl)cc(O)c1Cl. The highest BCUT2D eigenvalue weighted by molar-refractivity contribution is 7.87. The highest BCUT2D eigenvalue weighted by Gasteiger charge is 2.53. The van der Waals surface area contributed by atoms with Gasteiger partial charge in [-0.05, 0) is 11.6 Å². The second kappa shape index (κ2) is 7.87. The van der Waals surface area contributed by atoms with Gasteiger partial charge < -0.3 is 10.2 Å². The van der Waals surface area contributed by atoms with Crippen LogP contribution >= 0.6 is 46.4 Å². The zero-order valence-corrected chi connectivity index (χ0v) is 18.1. The first-order valence-corrected chi connectivity index (χ1v) is 10.9. The van der Waals surface area contributed by atoms with Crippen LogP contribution in [0, 0.1) is 0 Å². The molecule has 3 N–H and O–H groups in total. The number of hydrogen-bond donors (Lipinski definition) is 3. The minimum atomic E-state index is -5.16. The first kappa shape index (κ1) is 22.0. The smallest absolute Gasteiger partial charge is 0.283 e. The Labute approximate surface area is 186 Å². The zero-order valence-electron chi connectivity index (χ0n) is 14.3. The van der Waals surface area contributed by atoms with Crippen molar-refractivity contribution >= 4 is 56.5 Å². The predicted octanol–water partition coefficient (Wildman–Crippen LogP) is 5.89. The largest absolute Gasteiger partial charge is 0.506 e. The van der Waals surface area contributed by atoms with Gasteiger partial charge in [-0.1, -0.05) is 88.9 Å². The minimum Gasteiger partial charge on any atom is -0.506 e. The Balaban J connectivity index is 2.70. The van der Waals surface area contributed by atoms with E-state index >= 15 is 0 Å². The maximum Gasteiger partial charge on any atom is 0.283 e. The summed E-state index contributed by atoms with van der Waals surface area (Å²) >= 11 is 24.7. The number of rotatable bonds is 4. The fourth-order valence-electron chi connectivity index (χ4n) is 3.22. The standard InChI is InChI=1S/C19H12Cl4O5S/c20-12-8-4-7-11(16(12)22)19(29(26,27)28,10-5-2-1-3-6-10)15-17(23)14(24)9-13(21)18(15)25/h1-9,24-25H,(H,26,27,28). The molecule has 1 atom stereocenters. The molecule has 0 fully saturated rings. The fourth-order valence-corrected chi connectivity index (χ4v) is 5.60. The third-order valence-electron chi connectivity index (χ3n) is 4.42. The van der Waals surface area contributed by atoms with E-state index in [-0.39, 0.29) is 26.2 Å². The summed E-state index contributed by atoms with van der Waals surface area (Å²) in [6, 6.07) is 12.5. The summed E-state index contributed by atoms with van der Waals surface area (Å²) in [6.45, 7) is 0. The van der Waals surface area contributed by atoms with E-state index in [0.29, 0.717) is 0 Å². The number of halogens is 4. The van der Waals surface area contributed by atoms with Crippen LogP contribution in [-0.2, 0) is 14.9 Å². The highest BCUT2D eigenvalue weighted by atomic mass is 35.5. The van der Waals surface area contributed by atoms with E-state index in [1.165, 1.54) is 42.5 Å². The van der Waals surface area contributed by atoms with Crippen LogP contribution in [0.2, 0.25) is 20.1 Å². The van der Waals surface area contributed by atoms with Gasteiger partial charge in [0.1, 0.15) is 11.5 Å². The van der Waals surface area contributed by atoms with Crippen molar-refractivity contribution in [3.05, 3.63) is 91.4 Å². The van der Waals surface area contributed by atoms with Gasteiger partial charge in [0, 0.05) is 11.6 Å². The molecule has 0 bridgehead atoms. The summed E-state index contributed by atoms with van der Waals surface area (Å²) in [6.07, 6.45) is 0. The Morgan fingerprint density at radius 1 is 0.793 bits per heavy atom. The van der Waals surface area contributed by atoms with Crippen molar-refractivity contribution in [1.82, 2.24) is 0 Å². The molecule has 0 aromatic heterocycles. The maximum absolute atomic E-state index is 13.0. The van der Waals surface area contributed by atoms with Crippen molar-refractivity contribution in [3.8, 4) is 11.5 Å². The Morgan fingerprint density at radius 3 is 2.00 bits per heavy atom. The lowest BCUT2D eigenvalue weighted by atomic mass is 9.83. The van der Waals surface area contributed by atoms with Crippen LogP contribution in [0.15, 0.2) is 54.6 Å². The molecule has 3 rings (SSSR count). The molecule has 0 heterocycles. The van der Waals surface area contributed by atoms with E-state index in [1.54, 1.807) is 6.07 Å². The minimum absolute atomic E-state index is 0.00464. The van der Waals surface area contributed by atoms with Gasteiger partial charge in [0.15, 0.2) is 4.75 Å². The van der Waals surface area contributed by atoms with Crippen molar-refractivity contribution < 1.29 is 23.2 Å². The lowest BCUT2D eigenvalue weighted by Crippen LogP contribution is -2.39. The molecule has 0 saturated heterocycles. The molecule has 0 aliphatic rings. The average Bonchev–Trinajstić information content (AvgIpc) is 2.66. The topological polar surface area (TPSA) is 94.8 Å². The summed E-state index contributed by atoms with van der Waals surface area (Å²) in [5, 5.41) is 19.8. The van der Waals surface area contributed by atoms with Crippen LogP contribution < -0.4 is 0 Å². The molecule has 152 valence electrons. The number of phenolic OH excluding ortho intramolecular Hbond substituents is 2. The van der Waals surface area contributed by atoms with Gasteiger partial charge in [0.2, 0.25) is 0 Å². The summed E-state index contributed by atoms with van der Waals surface area (Å²) in [4.78, 5) is 0. The van der Waals surface area contributed by atoms with E-state index in [1.807, 2.05) is 0 Å². The van der Waals surface area contributed by atoms with E-state index in [2.05, 4.69) is 0 Å². The maximum atomic E-state index is 13.0. The van der Waals surface area contributed by atoms with Gasteiger partial charge >= 0.3 is 0 Å². The molecule has 3 aromatic rings. The number of benzene rings is 3. The monoisotopic (exact) mass is 492 g/mol. The van der Waals surface area contributed by atoms with Gasteiger partial charge in [-0.3, -0.25) is 4.55 Å². The van der Waals surface area contributed by atoms with Crippen LogP contribution in [0.25, 0.3) is 0 Å². The van der Waals surface area contributed by atoms with E-state index in [0.717, 1.165) is 6.07 Å². The molecule has 0 aliphatic carbocycles. The van der Waals surface area contributed by atoms with Crippen molar-refractivity contribution in [2.45, 2.75) is 4.75 Å². The quantitative estimate of drug-likeness (QED) is 0.239. The normalized spacial score (nSPS) is 13.8. The summed E-state index contributed by atoms with van der Waals surface area (Å²) < 4.78 is 34.0. The molecule has 10 heteroatoms. The van der Waals surface area contributed by atoms with Crippen molar-refractivity contribution in [1.29, 1.82) is 0 Å². The molecule has 0 amide bonds. The van der Waals surface area contributed by atoms with Crippen LogP contribution in [0.1, 0.15) is 16.7 Å². The van der Waals surface area contributed by atoms with Crippen LogP contribution in [-0.4, -0.2) is 23.2 Å². The third-order valence-corrected chi connectivity index (χ3v) is 7.34. The first-order chi connectivity index (χ1) is 13.5. The van der Waals surface area contributed by atoms with Crippen molar-refractivity contribution in [2.75, 3.05) is 0 Å². The second-order valence-electron chi connectivity index (χ2n) is 6.04. The van der Waals surface area contributed by atoms with E-state index in [4.69, 9.17) is 46.4 Å². The zero-order chi connectivity index (χ0) is 21.6. The fraction of sp³-hybridized carbons (Fsp3) is 0.0526. The first-order valence-electron chi connectivity index (χ1n) is 7.91. The summed E-state index contributed by atoms with van der Waals surface area (Å²) in [5.74, 6) is -1.36. The number of aromatic hydroxyl groups is 2. The molecular weight excluding hydrogens is 482 g/mol. The molecule has 29 heavy (non-hydrogen) atoms. The Morgan fingerprint density at radius 2 is 1.41 bits per heavy atom. The molecule has 0 saturated carbocycles. The van der Waals surface area contributed by atoms with Gasteiger partial charge in [0.25, 0.3) is 10.1 Å². The highest BCUT2D eigenvalue weighted by Crippen LogP contribution is 2.55. The van der Waals surface area contributed by atoms with E-state index < -0.39 is 37.0 Å². The molecule has 0 spiro atoms. The number of hydrogen-bond acceptors (Lipinski definition) is 4. The molecule has 5 nitrogen and oxygen atoms in total. The Kier molecular flexibility index (Phi) is 5.98. The van der Waals surface area contributed by atoms with Gasteiger partial charge in [-0.2, -0.15) is 8.42 Å². The van der Waals surface area contributed by atoms with Crippen molar-refractivity contribution in [3.63, 3.8) is 0 Å². The predicted molar refractivity (Wildman–Crippen MR) is 114 cm³/mol. The van der Waals surface area contributed by atoms with Crippen LogP contribution in [0.4, 0.5) is 0 Å². The Hall–Kier alpha value is -1.67. The molecular formula is C19H12Cl4O5S. The van der Waals surface area contributed by atoms with Gasteiger partial charge in [-0.25, -0.2) is 0 Å².